The summed E-state index contributed by atoms with van der Waals surface area (Å²) in [4.78, 5) is 12.9. The number of ether oxygens (including phenoxy) is 1. The van der Waals surface area contributed by atoms with Crippen molar-refractivity contribution >= 4 is 18.3 Å². The van der Waals surface area contributed by atoms with Crippen molar-refractivity contribution < 1.29 is 9.53 Å². The predicted molar refractivity (Wildman–Crippen MR) is 108 cm³/mol. The quantitative estimate of drug-likeness (QED) is 0.840. The second-order valence-electron chi connectivity index (χ2n) is 8.23. The van der Waals surface area contributed by atoms with Crippen molar-refractivity contribution in [2.75, 3.05) is 19.8 Å². The maximum atomic E-state index is 12.9. The Morgan fingerprint density at radius 2 is 1.92 bits per heavy atom. The molecule has 5 heteroatoms. The van der Waals surface area contributed by atoms with E-state index < -0.39 is 0 Å². The van der Waals surface area contributed by atoms with Gasteiger partial charge in [0, 0.05) is 30.7 Å². The Hall–Kier alpha value is -1.10. The third kappa shape index (κ3) is 4.41. The third-order valence-corrected chi connectivity index (χ3v) is 6.34. The molecule has 1 aliphatic carbocycles. The van der Waals surface area contributed by atoms with Crippen LogP contribution in [0.15, 0.2) is 24.3 Å². The summed E-state index contributed by atoms with van der Waals surface area (Å²) in [5, 5.41) is 3.27. The van der Waals surface area contributed by atoms with Gasteiger partial charge in [0.05, 0.1) is 5.92 Å². The van der Waals surface area contributed by atoms with E-state index in [1.165, 1.54) is 11.1 Å². The minimum Gasteiger partial charge on any atom is -0.381 e. The molecule has 1 saturated carbocycles. The molecule has 1 amide bonds. The number of rotatable bonds is 4. The standard InChI is InChI=1S/C21H32N2O2.ClH/c1-16-7-3-4-8-17(16)21(11-13-25-14-12-21)15-23-19(24)18-9-5-6-10-20(18,2)22;/h3-4,7-8,18H,5-6,9-15,22H2,1-2H3,(H,23,24);1H. The second kappa shape index (κ2) is 8.73. The first-order valence-electron chi connectivity index (χ1n) is 9.65. The number of hydrogen-bond donors (Lipinski definition) is 2. The highest BCUT2D eigenvalue weighted by atomic mass is 35.5. The molecule has 2 atom stereocenters. The molecule has 1 saturated heterocycles. The Morgan fingerprint density at radius 3 is 2.58 bits per heavy atom. The van der Waals surface area contributed by atoms with Crippen molar-refractivity contribution in [3.63, 3.8) is 0 Å². The van der Waals surface area contributed by atoms with Gasteiger partial charge in [-0.1, -0.05) is 37.1 Å². The van der Waals surface area contributed by atoms with Crippen LogP contribution in [0.1, 0.15) is 56.6 Å². The van der Waals surface area contributed by atoms with Gasteiger partial charge in [-0.25, -0.2) is 0 Å². The minimum absolute atomic E-state index is 0. The summed E-state index contributed by atoms with van der Waals surface area (Å²) in [6, 6.07) is 8.54. The summed E-state index contributed by atoms with van der Waals surface area (Å²) in [6.07, 6.45) is 5.95. The van der Waals surface area contributed by atoms with Crippen LogP contribution in [-0.2, 0) is 14.9 Å². The van der Waals surface area contributed by atoms with Crippen molar-refractivity contribution in [1.29, 1.82) is 0 Å². The number of halogens is 1. The first kappa shape index (κ1) is 21.2. The van der Waals surface area contributed by atoms with Gasteiger partial charge in [-0.05, 0) is 50.7 Å². The Labute approximate surface area is 163 Å². The van der Waals surface area contributed by atoms with E-state index in [0.717, 1.165) is 51.7 Å². The number of nitrogens with one attached hydrogen (secondary N) is 1. The zero-order chi connectivity index (χ0) is 17.9. The topological polar surface area (TPSA) is 64.4 Å². The average molecular weight is 381 g/mol. The number of aryl methyl sites for hydroxylation is 1. The molecule has 1 aromatic carbocycles. The molecule has 4 nitrogen and oxygen atoms in total. The monoisotopic (exact) mass is 380 g/mol. The van der Waals surface area contributed by atoms with Gasteiger partial charge in [-0.2, -0.15) is 0 Å². The van der Waals surface area contributed by atoms with E-state index in [1.54, 1.807) is 0 Å². The molecule has 26 heavy (non-hydrogen) atoms. The van der Waals surface area contributed by atoms with Crippen molar-refractivity contribution in [2.45, 2.75) is 63.3 Å². The van der Waals surface area contributed by atoms with Crippen molar-refractivity contribution in [3.05, 3.63) is 35.4 Å². The molecule has 2 unspecified atom stereocenters. The highest BCUT2D eigenvalue weighted by molar-refractivity contribution is 5.85. The average Bonchev–Trinajstić information content (AvgIpc) is 2.60. The van der Waals surface area contributed by atoms with E-state index in [4.69, 9.17) is 10.5 Å². The van der Waals surface area contributed by atoms with E-state index in [1.807, 2.05) is 6.92 Å². The fourth-order valence-electron chi connectivity index (χ4n) is 4.64. The van der Waals surface area contributed by atoms with Gasteiger partial charge in [0.25, 0.3) is 0 Å². The van der Waals surface area contributed by atoms with Gasteiger partial charge in [-0.15, -0.1) is 12.4 Å². The number of nitrogens with two attached hydrogens (primary N) is 1. The largest absolute Gasteiger partial charge is 0.381 e. The maximum Gasteiger partial charge on any atom is 0.224 e. The van der Waals surface area contributed by atoms with Crippen molar-refractivity contribution in [3.8, 4) is 0 Å². The number of benzene rings is 1. The number of amides is 1. The molecule has 2 fully saturated rings. The first-order chi connectivity index (χ1) is 11.9. The molecule has 146 valence electrons. The molecule has 1 aliphatic heterocycles. The minimum atomic E-state index is -0.381. The normalized spacial score (nSPS) is 28.0. The summed E-state index contributed by atoms with van der Waals surface area (Å²) in [6.45, 7) is 6.37. The van der Waals surface area contributed by atoms with E-state index in [2.05, 4.69) is 36.5 Å². The molecule has 0 bridgehead atoms. The van der Waals surface area contributed by atoms with Crippen LogP contribution < -0.4 is 11.1 Å². The third-order valence-electron chi connectivity index (χ3n) is 6.34. The maximum absolute atomic E-state index is 12.9. The molecular formula is C21H33ClN2O2. The summed E-state index contributed by atoms with van der Waals surface area (Å²) < 4.78 is 5.61. The lowest BCUT2D eigenvalue weighted by molar-refractivity contribution is -0.128. The highest BCUT2D eigenvalue weighted by Crippen LogP contribution is 2.37. The van der Waals surface area contributed by atoms with Gasteiger partial charge in [-0.3, -0.25) is 4.79 Å². The highest BCUT2D eigenvalue weighted by Gasteiger charge is 2.40. The van der Waals surface area contributed by atoms with Gasteiger partial charge in [0.2, 0.25) is 5.91 Å². The van der Waals surface area contributed by atoms with Crippen LogP contribution >= 0.6 is 12.4 Å². The van der Waals surface area contributed by atoms with Crippen LogP contribution in [0.25, 0.3) is 0 Å². The lowest BCUT2D eigenvalue weighted by Crippen LogP contribution is -2.55. The van der Waals surface area contributed by atoms with E-state index in [9.17, 15) is 4.79 Å². The molecule has 0 radical (unpaired) electrons. The summed E-state index contributed by atoms with van der Waals surface area (Å²) in [5.74, 6) is 0.0548. The van der Waals surface area contributed by atoms with Crippen molar-refractivity contribution in [1.82, 2.24) is 5.32 Å². The number of carbonyl (C=O) groups is 1. The van der Waals surface area contributed by atoms with Crippen LogP contribution in [0.5, 0.6) is 0 Å². The van der Waals surface area contributed by atoms with Crippen LogP contribution in [0, 0.1) is 12.8 Å². The lowest BCUT2D eigenvalue weighted by atomic mass is 9.71. The fraction of sp³-hybridized carbons (Fsp3) is 0.667. The second-order valence-corrected chi connectivity index (χ2v) is 8.23. The zero-order valence-corrected chi connectivity index (χ0v) is 16.9. The molecule has 1 aromatic rings. The molecule has 2 aliphatic rings. The smallest absolute Gasteiger partial charge is 0.224 e. The van der Waals surface area contributed by atoms with Gasteiger partial charge < -0.3 is 15.8 Å². The van der Waals surface area contributed by atoms with Gasteiger partial charge in [0.15, 0.2) is 0 Å². The molecular weight excluding hydrogens is 348 g/mol. The van der Waals surface area contributed by atoms with Gasteiger partial charge >= 0.3 is 0 Å². The number of hydrogen-bond acceptors (Lipinski definition) is 3. The Balaban J connectivity index is 0.00000243. The SMILES string of the molecule is Cc1ccccc1C1(CNC(=O)C2CCCCC2(C)N)CCOCC1.Cl. The van der Waals surface area contributed by atoms with E-state index >= 15 is 0 Å². The van der Waals surface area contributed by atoms with E-state index in [-0.39, 0.29) is 35.2 Å². The van der Waals surface area contributed by atoms with Crippen LogP contribution in [0.2, 0.25) is 0 Å². The summed E-state index contributed by atoms with van der Waals surface area (Å²) in [7, 11) is 0. The Kier molecular flexibility index (Phi) is 7.12. The first-order valence-corrected chi connectivity index (χ1v) is 9.65. The molecule has 0 spiro atoms. The molecule has 3 rings (SSSR count). The predicted octanol–water partition coefficient (Wildman–Crippen LogP) is 3.49. The summed E-state index contributed by atoms with van der Waals surface area (Å²) in [5.41, 5.74) is 8.65. The molecule has 0 aromatic heterocycles. The van der Waals surface area contributed by atoms with E-state index in [0.29, 0.717) is 6.54 Å². The Morgan fingerprint density at radius 1 is 1.23 bits per heavy atom. The molecule has 3 N–H and O–H groups in total. The summed E-state index contributed by atoms with van der Waals surface area (Å²) >= 11 is 0. The van der Waals surface area contributed by atoms with Crippen LogP contribution in [-0.4, -0.2) is 31.2 Å². The van der Waals surface area contributed by atoms with Gasteiger partial charge in [0.1, 0.15) is 0 Å². The number of carbonyl (C=O) groups excluding carboxylic acids is 1. The van der Waals surface area contributed by atoms with Crippen molar-refractivity contribution in [2.24, 2.45) is 11.7 Å². The lowest BCUT2D eigenvalue weighted by Gasteiger charge is -2.41. The fourth-order valence-corrected chi connectivity index (χ4v) is 4.64. The Bertz CT molecular complexity index is 612. The van der Waals surface area contributed by atoms with Crippen LogP contribution in [0.3, 0.4) is 0 Å². The zero-order valence-electron chi connectivity index (χ0n) is 16.1. The van der Waals surface area contributed by atoms with Crippen LogP contribution in [0.4, 0.5) is 0 Å². The molecule has 1 heterocycles.